The number of amides is 1. The molecule has 116 valence electrons. The number of nitrogens with one attached hydrogen (secondary N) is 1. The Morgan fingerprint density at radius 1 is 1.22 bits per heavy atom. The van der Waals surface area contributed by atoms with Gasteiger partial charge in [0.25, 0.3) is 5.91 Å². The number of carbonyl (C=O) groups excluding carboxylic acids is 1. The Bertz CT molecular complexity index is 751. The molecule has 2 rings (SSSR count). The van der Waals surface area contributed by atoms with E-state index in [1.165, 1.54) is 18.2 Å². The van der Waals surface area contributed by atoms with Crippen molar-refractivity contribution < 1.29 is 14.5 Å². The lowest BCUT2D eigenvalue weighted by atomic mass is 10.1. The van der Waals surface area contributed by atoms with Gasteiger partial charge in [-0.2, -0.15) is 5.26 Å². The Kier molecular flexibility index (Phi) is 5.25. The van der Waals surface area contributed by atoms with Gasteiger partial charge in [0.2, 0.25) is 0 Å². The first-order valence-corrected chi connectivity index (χ1v) is 6.72. The second-order valence-electron chi connectivity index (χ2n) is 4.59. The third-order valence-corrected chi connectivity index (χ3v) is 2.94. The molecule has 23 heavy (non-hydrogen) atoms. The van der Waals surface area contributed by atoms with Gasteiger partial charge < -0.3 is 10.1 Å². The maximum atomic E-state index is 11.8. The zero-order valence-corrected chi connectivity index (χ0v) is 12.1. The number of nitriles is 1. The van der Waals surface area contributed by atoms with Crippen molar-refractivity contribution in [3.63, 3.8) is 0 Å². The highest BCUT2D eigenvalue weighted by Crippen LogP contribution is 2.25. The number of carbonyl (C=O) groups is 1. The van der Waals surface area contributed by atoms with Crippen LogP contribution in [0.3, 0.4) is 0 Å². The molecule has 1 amide bonds. The first kappa shape index (κ1) is 16.0. The number of nitro groups is 1. The molecule has 0 fully saturated rings. The number of hydrogen-bond acceptors (Lipinski definition) is 5. The lowest BCUT2D eigenvalue weighted by molar-refractivity contribution is -0.385. The van der Waals surface area contributed by atoms with Crippen molar-refractivity contribution in [3.05, 3.63) is 64.2 Å². The molecule has 0 radical (unpaired) electrons. The number of hydrogen-bond donors (Lipinski definition) is 1. The monoisotopic (exact) mass is 311 g/mol. The van der Waals surface area contributed by atoms with E-state index in [-0.39, 0.29) is 18.0 Å². The maximum absolute atomic E-state index is 11.8. The standard InChI is InChI=1S/C16H13N3O4/c17-10-9-12-5-7-13(8-6-12)18-16(20)11-23-15-4-2-1-3-14(15)19(21)22/h1-8H,9,11H2,(H,18,20). The topological polar surface area (TPSA) is 105 Å². The highest BCUT2D eigenvalue weighted by atomic mass is 16.6. The molecule has 0 aliphatic carbocycles. The molecule has 0 bridgehead atoms. The second kappa shape index (κ2) is 7.56. The predicted octanol–water partition coefficient (Wildman–Crippen LogP) is 2.68. The van der Waals surface area contributed by atoms with E-state index >= 15 is 0 Å². The largest absolute Gasteiger partial charge is 0.477 e. The molecule has 0 aromatic heterocycles. The average Bonchev–Trinajstić information content (AvgIpc) is 2.55. The molecule has 0 aliphatic heterocycles. The molecule has 0 aliphatic rings. The summed E-state index contributed by atoms with van der Waals surface area (Å²) in [4.78, 5) is 22.1. The van der Waals surface area contributed by atoms with Crippen LogP contribution in [0.25, 0.3) is 0 Å². The van der Waals surface area contributed by atoms with Crippen LogP contribution < -0.4 is 10.1 Å². The fraction of sp³-hybridized carbons (Fsp3) is 0.125. The van der Waals surface area contributed by atoms with Crippen LogP contribution >= 0.6 is 0 Å². The molecule has 2 aromatic rings. The van der Waals surface area contributed by atoms with Crippen molar-refractivity contribution in [1.82, 2.24) is 0 Å². The quantitative estimate of drug-likeness (QED) is 0.652. The lowest BCUT2D eigenvalue weighted by Gasteiger charge is -2.08. The zero-order valence-electron chi connectivity index (χ0n) is 12.1. The average molecular weight is 311 g/mol. The van der Waals surface area contributed by atoms with Gasteiger partial charge in [0, 0.05) is 11.8 Å². The molecule has 7 nitrogen and oxygen atoms in total. The maximum Gasteiger partial charge on any atom is 0.310 e. The van der Waals surface area contributed by atoms with E-state index in [1.54, 1.807) is 30.3 Å². The van der Waals surface area contributed by atoms with Crippen molar-refractivity contribution in [3.8, 4) is 11.8 Å². The van der Waals surface area contributed by atoms with Crippen LogP contribution in [0.1, 0.15) is 5.56 Å². The molecule has 7 heteroatoms. The molecular weight excluding hydrogens is 298 g/mol. The first-order valence-electron chi connectivity index (χ1n) is 6.72. The summed E-state index contributed by atoms with van der Waals surface area (Å²) < 4.78 is 5.20. The number of rotatable bonds is 6. The summed E-state index contributed by atoms with van der Waals surface area (Å²) in [5, 5.41) is 22.0. The summed E-state index contributed by atoms with van der Waals surface area (Å²) in [6, 6.07) is 14.7. The summed E-state index contributed by atoms with van der Waals surface area (Å²) in [6.45, 7) is -0.342. The first-order chi connectivity index (χ1) is 11.1. The third kappa shape index (κ3) is 4.54. The molecule has 0 atom stereocenters. The highest BCUT2D eigenvalue weighted by molar-refractivity contribution is 5.91. The van der Waals surface area contributed by atoms with E-state index in [2.05, 4.69) is 5.32 Å². The van der Waals surface area contributed by atoms with Gasteiger partial charge in [-0.05, 0) is 23.8 Å². The molecule has 0 saturated heterocycles. The smallest absolute Gasteiger partial charge is 0.310 e. The Labute approximate surface area is 132 Å². The third-order valence-electron chi connectivity index (χ3n) is 2.94. The number of para-hydroxylation sites is 2. The minimum absolute atomic E-state index is 0.0389. The molecule has 0 unspecified atom stereocenters. The number of benzene rings is 2. The van der Waals surface area contributed by atoms with Gasteiger partial charge in [0.05, 0.1) is 17.4 Å². The van der Waals surface area contributed by atoms with Crippen LogP contribution in [0, 0.1) is 21.4 Å². The number of ether oxygens (including phenoxy) is 1. The highest BCUT2D eigenvalue weighted by Gasteiger charge is 2.14. The fourth-order valence-corrected chi connectivity index (χ4v) is 1.87. The Morgan fingerprint density at radius 3 is 2.57 bits per heavy atom. The Hall–Kier alpha value is -3.40. The van der Waals surface area contributed by atoms with Gasteiger partial charge in [-0.3, -0.25) is 14.9 Å². The van der Waals surface area contributed by atoms with E-state index < -0.39 is 10.8 Å². The minimum atomic E-state index is -0.568. The van der Waals surface area contributed by atoms with Crippen molar-refractivity contribution in [2.75, 3.05) is 11.9 Å². The zero-order chi connectivity index (χ0) is 16.7. The van der Waals surface area contributed by atoms with E-state index in [0.717, 1.165) is 5.56 Å². The Morgan fingerprint density at radius 2 is 1.91 bits per heavy atom. The van der Waals surface area contributed by atoms with Crippen molar-refractivity contribution >= 4 is 17.3 Å². The molecular formula is C16H13N3O4. The van der Waals surface area contributed by atoms with Gasteiger partial charge in [-0.15, -0.1) is 0 Å². The molecule has 0 spiro atoms. The fourth-order valence-electron chi connectivity index (χ4n) is 1.87. The van der Waals surface area contributed by atoms with E-state index in [9.17, 15) is 14.9 Å². The number of nitrogens with zero attached hydrogens (tertiary/aromatic N) is 2. The van der Waals surface area contributed by atoms with E-state index in [1.807, 2.05) is 6.07 Å². The Balaban J connectivity index is 1.93. The van der Waals surface area contributed by atoms with Gasteiger partial charge >= 0.3 is 5.69 Å². The molecule has 0 heterocycles. The minimum Gasteiger partial charge on any atom is -0.477 e. The van der Waals surface area contributed by atoms with Crippen LogP contribution in [-0.2, 0) is 11.2 Å². The predicted molar refractivity (Wildman–Crippen MR) is 83.0 cm³/mol. The molecule has 1 N–H and O–H groups in total. The lowest BCUT2D eigenvalue weighted by Crippen LogP contribution is -2.20. The van der Waals surface area contributed by atoms with Gasteiger partial charge in [-0.1, -0.05) is 24.3 Å². The van der Waals surface area contributed by atoms with Crippen molar-refractivity contribution in [2.24, 2.45) is 0 Å². The SMILES string of the molecule is N#CCc1ccc(NC(=O)COc2ccccc2[N+](=O)[O-])cc1. The second-order valence-corrected chi connectivity index (χ2v) is 4.59. The normalized spacial score (nSPS) is 9.70. The number of anilines is 1. The van der Waals surface area contributed by atoms with Gasteiger partial charge in [0.15, 0.2) is 12.4 Å². The van der Waals surface area contributed by atoms with E-state index in [4.69, 9.17) is 10.00 Å². The van der Waals surface area contributed by atoms with Gasteiger partial charge in [0.1, 0.15) is 0 Å². The summed E-state index contributed by atoms with van der Waals surface area (Å²) in [6.07, 6.45) is 0.301. The van der Waals surface area contributed by atoms with E-state index in [0.29, 0.717) is 12.1 Å². The van der Waals surface area contributed by atoms with Crippen LogP contribution in [0.4, 0.5) is 11.4 Å². The van der Waals surface area contributed by atoms with Crippen LogP contribution in [-0.4, -0.2) is 17.4 Å². The van der Waals surface area contributed by atoms with Crippen molar-refractivity contribution in [1.29, 1.82) is 5.26 Å². The summed E-state index contributed by atoms with van der Waals surface area (Å²) in [5.74, 6) is -0.395. The van der Waals surface area contributed by atoms with Gasteiger partial charge in [-0.25, -0.2) is 0 Å². The summed E-state index contributed by atoms with van der Waals surface area (Å²) in [7, 11) is 0. The van der Waals surface area contributed by atoms with Crippen LogP contribution in [0.2, 0.25) is 0 Å². The van der Waals surface area contributed by atoms with Crippen molar-refractivity contribution in [2.45, 2.75) is 6.42 Å². The number of nitro benzene ring substituents is 1. The molecule has 2 aromatic carbocycles. The van der Waals surface area contributed by atoms with Crippen LogP contribution in [0.5, 0.6) is 5.75 Å². The summed E-state index contributed by atoms with van der Waals surface area (Å²) >= 11 is 0. The molecule has 0 saturated carbocycles. The summed E-state index contributed by atoms with van der Waals surface area (Å²) in [5.41, 5.74) is 1.21. The van der Waals surface area contributed by atoms with Crippen LogP contribution in [0.15, 0.2) is 48.5 Å².